The largest absolute Gasteiger partial charge is 0.245 e. The van der Waals surface area contributed by atoms with E-state index in [1.807, 2.05) is 33.8 Å². The van der Waals surface area contributed by atoms with Crippen molar-refractivity contribution in [2.45, 2.75) is 34.6 Å². The Morgan fingerprint density at radius 2 is 1.77 bits per heavy atom. The van der Waals surface area contributed by atoms with Crippen LogP contribution in [0.4, 0.5) is 0 Å². The van der Waals surface area contributed by atoms with Crippen molar-refractivity contribution in [2.24, 2.45) is 4.99 Å². The van der Waals surface area contributed by atoms with Crippen LogP contribution in [0.15, 0.2) is 28.9 Å². The molecule has 0 bridgehead atoms. The zero-order chi connectivity index (χ0) is 10.9. The zero-order valence-corrected chi connectivity index (χ0v) is 9.18. The third-order valence-electron chi connectivity index (χ3n) is 0.962. The summed E-state index contributed by atoms with van der Waals surface area (Å²) in [6.07, 6.45) is 1.66. The molecular weight excluding hydrogens is 160 g/mol. The maximum absolute atomic E-state index is 8.54. The van der Waals surface area contributed by atoms with Crippen molar-refractivity contribution < 1.29 is 0 Å². The average molecular weight is 178 g/mol. The van der Waals surface area contributed by atoms with E-state index < -0.39 is 0 Å². The molecule has 0 radical (unpaired) electrons. The van der Waals surface area contributed by atoms with Crippen LogP contribution in [0.25, 0.3) is 0 Å². The monoisotopic (exact) mass is 178 g/mol. The summed E-state index contributed by atoms with van der Waals surface area (Å²) in [6, 6.07) is 1.96. The third kappa shape index (κ3) is 8.55. The van der Waals surface area contributed by atoms with Gasteiger partial charge in [-0.15, -0.1) is 0 Å². The molecule has 0 aromatic carbocycles. The Morgan fingerprint density at radius 1 is 1.31 bits per heavy atom. The fourth-order valence-corrected chi connectivity index (χ4v) is 0.428. The predicted octanol–water partition coefficient (Wildman–Crippen LogP) is 3.48. The van der Waals surface area contributed by atoms with Gasteiger partial charge in [0.15, 0.2) is 0 Å². The Labute approximate surface area is 81.3 Å². The maximum atomic E-state index is 8.54. The molecule has 0 saturated heterocycles. The minimum Gasteiger partial charge on any atom is -0.245 e. The Hall–Kier alpha value is -1.36. The normalized spacial score (nSPS) is 9.08. The Balaban J connectivity index is 0. The molecule has 0 aromatic rings. The molecule has 2 heteroatoms. The number of hydrogen-bond acceptors (Lipinski definition) is 2. The van der Waals surface area contributed by atoms with E-state index >= 15 is 0 Å². The van der Waals surface area contributed by atoms with Gasteiger partial charge in [-0.2, -0.15) is 5.26 Å². The number of hydrogen-bond donors (Lipinski definition) is 0. The maximum Gasteiger partial charge on any atom is 0.142 e. The molecule has 0 aliphatic rings. The molecule has 0 saturated carbocycles. The smallest absolute Gasteiger partial charge is 0.142 e. The second kappa shape index (κ2) is 8.73. The lowest BCUT2D eigenvalue weighted by atomic mass is 10.2. The highest BCUT2D eigenvalue weighted by molar-refractivity contribution is 6.10. The summed E-state index contributed by atoms with van der Waals surface area (Å²) >= 11 is 0. The van der Waals surface area contributed by atoms with E-state index in [0.717, 1.165) is 5.57 Å². The SMILES string of the molecule is C=C(C)C(C#N)=NC=C(C)C.CC. The van der Waals surface area contributed by atoms with Crippen molar-refractivity contribution >= 4 is 5.71 Å². The summed E-state index contributed by atoms with van der Waals surface area (Å²) in [5.74, 6) is 0. The van der Waals surface area contributed by atoms with Gasteiger partial charge in [-0.3, -0.25) is 0 Å². The fraction of sp³-hybridized carbons (Fsp3) is 0.455. The molecule has 0 rings (SSSR count). The lowest BCUT2D eigenvalue weighted by molar-refractivity contribution is 1.33. The van der Waals surface area contributed by atoms with Crippen LogP contribution in [-0.4, -0.2) is 5.71 Å². The number of nitrogens with zero attached hydrogens (tertiary/aromatic N) is 2. The van der Waals surface area contributed by atoms with E-state index in [0.29, 0.717) is 11.3 Å². The molecule has 2 nitrogen and oxygen atoms in total. The van der Waals surface area contributed by atoms with Crippen LogP contribution >= 0.6 is 0 Å². The van der Waals surface area contributed by atoms with Crippen LogP contribution in [0.3, 0.4) is 0 Å². The fourth-order valence-electron chi connectivity index (χ4n) is 0.428. The number of aliphatic imine (C=N–C) groups is 1. The van der Waals surface area contributed by atoms with Crippen molar-refractivity contribution in [2.75, 3.05) is 0 Å². The van der Waals surface area contributed by atoms with Crippen LogP contribution in [0, 0.1) is 11.3 Å². The highest BCUT2D eigenvalue weighted by Gasteiger charge is 1.93. The van der Waals surface area contributed by atoms with Gasteiger partial charge in [0.05, 0.1) is 0 Å². The number of rotatable bonds is 2. The van der Waals surface area contributed by atoms with Gasteiger partial charge in [-0.05, 0) is 26.3 Å². The van der Waals surface area contributed by atoms with Crippen molar-refractivity contribution in [3.05, 3.63) is 23.9 Å². The van der Waals surface area contributed by atoms with E-state index in [9.17, 15) is 0 Å². The van der Waals surface area contributed by atoms with Gasteiger partial charge in [0, 0.05) is 6.20 Å². The van der Waals surface area contributed by atoms with E-state index in [-0.39, 0.29) is 0 Å². The first-order valence-electron chi connectivity index (χ1n) is 4.35. The lowest BCUT2D eigenvalue weighted by Crippen LogP contribution is -1.92. The molecule has 0 fully saturated rings. The molecule has 0 spiro atoms. The molecule has 0 N–H and O–H groups in total. The van der Waals surface area contributed by atoms with Gasteiger partial charge in [0.25, 0.3) is 0 Å². The van der Waals surface area contributed by atoms with E-state index in [2.05, 4.69) is 11.6 Å². The first-order chi connectivity index (χ1) is 6.07. The summed E-state index contributed by atoms with van der Waals surface area (Å²) in [6.45, 7) is 13.2. The Morgan fingerprint density at radius 3 is 2.00 bits per heavy atom. The van der Waals surface area contributed by atoms with Crippen LogP contribution in [0.1, 0.15) is 34.6 Å². The Kier molecular flexibility index (Phi) is 9.53. The van der Waals surface area contributed by atoms with E-state index in [4.69, 9.17) is 5.26 Å². The van der Waals surface area contributed by atoms with Crippen LogP contribution < -0.4 is 0 Å². The highest BCUT2D eigenvalue weighted by Crippen LogP contribution is 1.95. The van der Waals surface area contributed by atoms with Crippen LogP contribution in [0.5, 0.6) is 0 Å². The summed E-state index contributed by atoms with van der Waals surface area (Å²) in [5.41, 5.74) is 2.16. The number of nitriles is 1. The summed E-state index contributed by atoms with van der Waals surface area (Å²) in [7, 11) is 0. The number of allylic oxidation sites excluding steroid dienone is 2. The third-order valence-corrected chi connectivity index (χ3v) is 0.962. The van der Waals surface area contributed by atoms with E-state index in [1.165, 1.54) is 0 Å². The molecule has 0 aliphatic carbocycles. The zero-order valence-electron chi connectivity index (χ0n) is 9.18. The Bertz CT molecular complexity index is 248. The summed E-state index contributed by atoms with van der Waals surface area (Å²) < 4.78 is 0. The van der Waals surface area contributed by atoms with Gasteiger partial charge in [-0.25, -0.2) is 4.99 Å². The van der Waals surface area contributed by atoms with E-state index in [1.54, 1.807) is 13.1 Å². The van der Waals surface area contributed by atoms with Gasteiger partial charge in [-0.1, -0.05) is 26.0 Å². The average Bonchev–Trinajstić information content (AvgIpc) is 2.08. The van der Waals surface area contributed by atoms with Crippen molar-refractivity contribution in [3.8, 4) is 6.07 Å². The van der Waals surface area contributed by atoms with Crippen molar-refractivity contribution in [1.29, 1.82) is 5.26 Å². The second-order valence-electron chi connectivity index (χ2n) is 2.58. The minimum absolute atomic E-state index is 0.395. The van der Waals surface area contributed by atoms with Crippen molar-refractivity contribution in [3.63, 3.8) is 0 Å². The first kappa shape index (κ1) is 14.2. The quantitative estimate of drug-likeness (QED) is 0.596. The van der Waals surface area contributed by atoms with Crippen LogP contribution in [-0.2, 0) is 0 Å². The molecule has 0 aromatic heterocycles. The lowest BCUT2D eigenvalue weighted by Gasteiger charge is -1.90. The van der Waals surface area contributed by atoms with Crippen molar-refractivity contribution in [1.82, 2.24) is 0 Å². The molecule has 0 heterocycles. The van der Waals surface area contributed by atoms with Gasteiger partial charge in [0.2, 0.25) is 0 Å². The second-order valence-corrected chi connectivity index (χ2v) is 2.58. The minimum atomic E-state index is 0.395. The molecule has 72 valence electrons. The van der Waals surface area contributed by atoms with Gasteiger partial charge < -0.3 is 0 Å². The van der Waals surface area contributed by atoms with Crippen LogP contribution in [0.2, 0.25) is 0 Å². The standard InChI is InChI=1S/C9H12N2.C2H6/c1-7(2)6-11-9(5-10)8(3)4;1-2/h6H,3H2,1-2,4H3;1-2H3. The van der Waals surface area contributed by atoms with Gasteiger partial charge in [0.1, 0.15) is 11.8 Å². The highest BCUT2D eigenvalue weighted by atomic mass is 14.7. The van der Waals surface area contributed by atoms with Gasteiger partial charge >= 0.3 is 0 Å². The molecule has 0 atom stereocenters. The first-order valence-corrected chi connectivity index (χ1v) is 4.35. The summed E-state index contributed by atoms with van der Waals surface area (Å²) in [4.78, 5) is 3.94. The molecule has 0 aliphatic heterocycles. The molecule has 13 heavy (non-hydrogen) atoms. The predicted molar refractivity (Wildman–Crippen MR) is 58.6 cm³/mol. The molecule has 0 amide bonds. The molecule has 0 unspecified atom stereocenters. The molecular formula is C11H18N2. The summed E-state index contributed by atoms with van der Waals surface area (Å²) in [5, 5.41) is 8.54. The topological polar surface area (TPSA) is 36.1 Å².